The lowest BCUT2D eigenvalue weighted by Crippen LogP contribution is -2.42. The van der Waals surface area contributed by atoms with E-state index in [4.69, 9.17) is 5.11 Å². The van der Waals surface area contributed by atoms with Gasteiger partial charge in [0.2, 0.25) is 0 Å². The number of nitrogens with one attached hydrogen (secondary N) is 1. The van der Waals surface area contributed by atoms with Crippen molar-refractivity contribution < 1.29 is 5.11 Å². The van der Waals surface area contributed by atoms with Crippen LogP contribution in [0.25, 0.3) is 0 Å². The molecule has 1 aliphatic rings. The smallest absolute Gasteiger partial charge is 0.0446 e. The van der Waals surface area contributed by atoms with Gasteiger partial charge < -0.3 is 15.3 Å². The molecule has 0 aromatic rings. The van der Waals surface area contributed by atoms with E-state index in [2.05, 4.69) is 17.3 Å². The van der Waals surface area contributed by atoms with Gasteiger partial charge in [-0.3, -0.25) is 0 Å². The average Bonchev–Trinajstić information content (AvgIpc) is 2.69. The fourth-order valence-corrected chi connectivity index (χ4v) is 2.32. The molecule has 14 heavy (non-hydrogen) atoms. The molecule has 1 unspecified atom stereocenters. The average molecular weight is 200 g/mol. The predicted molar refractivity (Wildman–Crippen MR) is 59.4 cm³/mol. The Morgan fingerprint density at radius 2 is 2.07 bits per heavy atom. The van der Waals surface area contributed by atoms with Crippen molar-refractivity contribution in [3.05, 3.63) is 0 Å². The lowest BCUT2D eigenvalue weighted by Gasteiger charge is -2.28. The quantitative estimate of drug-likeness (QED) is 0.667. The molecule has 1 atom stereocenters. The van der Waals surface area contributed by atoms with Gasteiger partial charge in [-0.15, -0.1) is 0 Å². The van der Waals surface area contributed by atoms with Gasteiger partial charge in [-0.2, -0.15) is 0 Å². The number of rotatable bonds is 6. The van der Waals surface area contributed by atoms with Crippen LogP contribution in [0.2, 0.25) is 0 Å². The van der Waals surface area contributed by atoms with Crippen molar-refractivity contribution in [2.75, 3.05) is 27.2 Å². The Morgan fingerprint density at radius 1 is 1.43 bits per heavy atom. The van der Waals surface area contributed by atoms with E-state index in [0.29, 0.717) is 6.04 Å². The summed E-state index contributed by atoms with van der Waals surface area (Å²) in [7, 11) is 4.18. The highest BCUT2D eigenvalue weighted by Crippen LogP contribution is 2.22. The number of aliphatic hydroxyl groups excluding tert-OH is 1. The molecule has 1 aliphatic carbocycles. The number of aliphatic hydroxyl groups is 1. The van der Waals surface area contributed by atoms with Crippen LogP contribution in [0.3, 0.4) is 0 Å². The van der Waals surface area contributed by atoms with Crippen LogP contribution < -0.4 is 5.32 Å². The third-order valence-corrected chi connectivity index (χ3v) is 3.34. The van der Waals surface area contributed by atoms with Crippen molar-refractivity contribution in [1.82, 2.24) is 10.2 Å². The molecule has 1 rings (SSSR count). The Labute approximate surface area is 87.5 Å². The number of nitrogens with zero attached hydrogens (tertiary/aromatic N) is 1. The van der Waals surface area contributed by atoms with Gasteiger partial charge in [0.05, 0.1) is 0 Å². The van der Waals surface area contributed by atoms with Crippen LogP contribution in [0.15, 0.2) is 0 Å². The van der Waals surface area contributed by atoms with Crippen LogP contribution >= 0.6 is 0 Å². The van der Waals surface area contributed by atoms with E-state index in [0.717, 1.165) is 19.0 Å². The van der Waals surface area contributed by atoms with E-state index in [9.17, 15) is 0 Å². The van der Waals surface area contributed by atoms with Gasteiger partial charge in [-0.25, -0.2) is 0 Å². The first kappa shape index (κ1) is 12.0. The van der Waals surface area contributed by atoms with Crippen molar-refractivity contribution >= 4 is 0 Å². The van der Waals surface area contributed by atoms with Crippen molar-refractivity contribution in [1.29, 1.82) is 0 Å². The molecule has 0 bridgehead atoms. The van der Waals surface area contributed by atoms with E-state index >= 15 is 0 Å². The molecular weight excluding hydrogens is 176 g/mol. The van der Waals surface area contributed by atoms with Gasteiger partial charge >= 0.3 is 0 Å². The Kier molecular flexibility index (Phi) is 5.45. The summed E-state index contributed by atoms with van der Waals surface area (Å²) >= 11 is 0. The molecule has 2 N–H and O–H groups in total. The molecule has 3 heteroatoms. The minimum Gasteiger partial charge on any atom is -0.396 e. The molecule has 0 spiro atoms. The zero-order valence-electron chi connectivity index (χ0n) is 9.50. The second-order valence-electron chi connectivity index (χ2n) is 4.38. The van der Waals surface area contributed by atoms with Crippen molar-refractivity contribution in [2.45, 2.75) is 44.2 Å². The SMILES string of the molecule is CNC(CCO)CN(C)C1CCCC1. The van der Waals surface area contributed by atoms with Crippen LogP contribution in [0.4, 0.5) is 0 Å². The molecule has 1 fully saturated rings. The maximum atomic E-state index is 8.89. The lowest BCUT2D eigenvalue weighted by atomic mass is 10.1. The third kappa shape index (κ3) is 3.56. The number of likely N-dealkylation sites (N-methyl/N-ethyl adjacent to an activating group) is 2. The first-order valence-corrected chi connectivity index (χ1v) is 5.76. The van der Waals surface area contributed by atoms with Crippen LogP contribution in [-0.4, -0.2) is 49.3 Å². The van der Waals surface area contributed by atoms with Gasteiger partial charge in [-0.05, 0) is 33.4 Å². The summed E-state index contributed by atoms with van der Waals surface area (Å²) in [6.45, 7) is 1.34. The third-order valence-electron chi connectivity index (χ3n) is 3.34. The van der Waals surface area contributed by atoms with E-state index in [1.807, 2.05) is 7.05 Å². The molecular formula is C11H24N2O. The normalized spacial score (nSPS) is 20.6. The highest BCUT2D eigenvalue weighted by atomic mass is 16.3. The summed E-state index contributed by atoms with van der Waals surface area (Å²) in [6.07, 6.45) is 6.34. The highest BCUT2D eigenvalue weighted by Gasteiger charge is 2.21. The predicted octanol–water partition coefficient (Wildman–Crippen LogP) is 0.831. The van der Waals surface area contributed by atoms with E-state index in [-0.39, 0.29) is 6.61 Å². The Morgan fingerprint density at radius 3 is 2.57 bits per heavy atom. The molecule has 0 saturated heterocycles. The number of hydrogen-bond donors (Lipinski definition) is 2. The van der Waals surface area contributed by atoms with Crippen molar-refractivity contribution in [2.24, 2.45) is 0 Å². The minimum atomic E-state index is 0.282. The Hall–Kier alpha value is -0.120. The molecule has 3 nitrogen and oxygen atoms in total. The molecule has 0 radical (unpaired) electrons. The van der Waals surface area contributed by atoms with E-state index in [1.165, 1.54) is 25.7 Å². The van der Waals surface area contributed by atoms with Crippen molar-refractivity contribution in [3.8, 4) is 0 Å². The second kappa shape index (κ2) is 6.38. The summed E-state index contributed by atoms with van der Waals surface area (Å²) < 4.78 is 0. The standard InChI is InChI=1S/C11H24N2O/c1-12-10(7-8-14)9-13(2)11-5-3-4-6-11/h10-12,14H,3-9H2,1-2H3. The molecule has 84 valence electrons. The Balaban J connectivity index is 2.25. The van der Waals surface area contributed by atoms with Crippen LogP contribution in [0.5, 0.6) is 0 Å². The molecule has 0 heterocycles. The second-order valence-corrected chi connectivity index (χ2v) is 4.38. The molecule has 1 saturated carbocycles. The maximum Gasteiger partial charge on any atom is 0.0446 e. The summed E-state index contributed by atoms with van der Waals surface area (Å²) in [5.74, 6) is 0. The summed E-state index contributed by atoms with van der Waals surface area (Å²) in [5.41, 5.74) is 0. The van der Waals surface area contributed by atoms with E-state index < -0.39 is 0 Å². The Bertz CT molecular complexity index is 146. The molecule has 0 aliphatic heterocycles. The first-order valence-electron chi connectivity index (χ1n) is 5.76. The van der Waals surface area contributed by atoms with Gasteiger partial charge in [-0.1, -0.05) is 12.8 Å². The largest absolute Gasteiger partial charge is 0.396 e. The monoisotopic (exact) mass is 200 g/mol. The van der Waals surface area contributed by atoms with Crippen LogP contribution in [0.1, 0.15) is 32.1 Å². The fourth-order valence-electron chi connectivity index (χ4n) is 2.32. The van der Waals surface area contributed by atoms with Crippen molar-refractivity contribution in [3.63, 3.8) is 0 Å². The topological polar surface area (TPSA) is 35.5 Å². The fraction of sp³-hybridized carbons (Fsp3) is 1.00. The summed E-state index contributed by atoms with van der Waals surface area (Å²) in [5, 5.41) is 12.1. The van der Waals surface area contributed by atoms with Gasteiger partial charge in [0, 0.05) is 25.2 Å². The van der Waals surface area contributed by atoms with Gasteiger partial charge in [0.25, 0.3) is 0 Å². The van der Waals surface area contributed by atoms with Gasteiger partial charge in [0.15, 0.2) is 0 Å². The molecule has 0 aromatic heterocycles. The highest BCUT2D eigenvalue weighted by molar-refractivity contribution is 4.78. The minimum absolute atomic E-state index is 0.282. The zero-order chi connectivity index (χ0) is 10.4. The maximum absolute atomic E-state index is 8.89. The first-order chi connectivity index (χ1) is 6.77. The van der Waals surface area contributed by atoms with Crippen LogP contribution in [0, 0.1) is 0 Å². The van der Waals surface area contributed by atoms with E-state index in [1.54, 1.807) is 0 Å². The summed E-state index contributed by atoms with van der Waals surface area (Å²) in [6, 6.07) is 1.22. The summed E-state index contributed by atoms with van der Waals surface area (Å²) in [4.78, 5) is 2.45. The number of hydrogen-bond acceptors (Lipinski definition) is 3. The molecule has 0 aromatic carbocycles. The molecule has 0 amide bonds. The van der Waals surface area contributed by atoms with Crippen LogP contribution in [-0.2, 0) is 0 Å². The zero-order valence-corrected chi connectivity index (χ0v) is 9.50. The lowest BCUT2D eigenvalue weighted by molar-refractivity contribution is 0.197. The van der Waals surface area contributed by atoms with Gasteiger partial charge in [0.1, 0.15) is 0 Å².